The van der Waals surface area contributed by atoms with Crippen LogP contribution in [-0.2, 0) is 0 Å². The van der Waals surface area contributed by atoms with Crippen LogP contribution in [0.5, 0.6) is 0 Å². The molecule has 33 heavy (non-hydrogen) atoms. The second-order valence-electron chi connectivity index (χ2n) is 17.9. The van der Waals surface area contributed by atoms with Crippen LogP contribution in [0.1, 0.15) is 124 Å². The van der Waals surface area contributed by atoms with Gasteiger partial charge in [-0.3, -0.25) is 0 Å². The first-order valence-corrected chi connectivity index (χ1v) is 13.8. The average Bonchev–Trinajstić information content (AvgIpc) is 2.75. The van der Waals surface area contributed by atoms with Crippen LogP contribution in [0.2, 0.25) is 0 Å². The second kappa shape index (κ2) is 7.24. The minimum Gasteiger partial charge on any atom is -0.319 e. The lowest BCUT2D eigenvalue weighted by atomic mass is 9.56. The summed E-state index contributed by atoms with van der Waals surface area (Å²) in [7, 11) is 7.25. The van der Waals surface area contributed by atoms with Gasteiger partial charge < -0.3 is 8.97 Å². The lowest BCUT2D eigenvalue weighted by Gasteiger charge is -2.71. The molecule has 0 saturated carbocycles. The standard InChI is InChI=1S/C17H34N.C14H30N/c1-14(2,3)11-12-13-16(6,7)18(10,15(12,4)5)17(13,8)9;1-12(2,3)10-11-13(4,5)15(8,9)14(11,6)7/h12-13H,11H2,1-10H3;11H,10H2,1-9H3/q2*+1. The van der Waals surface area contributed by atoms with Gasteiger partial charge in [0, 0.05) is 5.92 Å². The monoisotopic (exact) mass is 465 g/mol. The molecule has 2 bridgehead atoms. The number of likely N-dealkylation sites (tertiary alicyclic amines) is 1. The van der Waals surface area contributed by atoms with Gasteiger partial charge in [0.15, 0.2) is 0 Å². The van der Waals surface area contributed by atoms with E-state index < -0.39 is 0 Å². The van der Waals surface area contributed by atoms with Gasteiger partial charge in [0.1, 0.15) is 22.2 Å². The molecule has 4 aliphatic heterocycles. The zero-order valence-electron chi connectivity index (χ0n) is 26.5. The van der Waals surface area contributed by atoms with Gasteiger partial charge in [0.2, 0.25) is 0 Å². The number of fused-ring (bicyclic) bond motifs is 1. The van der Waals surface area contributed by atoms with Crippen molar-refractivity contribution in [2.45, 2.75) is 151 Å². The fraction of sp³-hybridized carbons (Fsp3) is 1.00. The SMILES string of the molecule is CC(C)(C)CC1C(C)(C)[N+](C)(C)C1(C)C.CC(C)(C)CC1C2C(C)(C)[N+](C)(C1(C)C)C2(C)C. The van der Waals surface area contributed by atoms with Gasteiger partial charge in [-0.1, -0.05) is 41.5 Å². The van der Waals surface area contributed by atoms with Gasteiger partial charge in [-0.05, 0) is 92.9 Å². The van der Waals surface area contributed by atoms with E-state index in [1.54, 1.807) is 0 Å². The Morgan fingerprint density at radius 2 is 0.848 bits per heavy atom. The fourth-order valence-electron chi connectivity index (χ4n) is 9.77. The number of rotatable bonds is 2. The van der Waals surface area contributed by atoms with Crippen LogP contribution in [0.15, 0.2) is 0 Å². The fourth-order valence-corrected chi connectivity index (χ4v) is 9.77. The lowest BCUT2D eigenvalue weighted by Crippen LogP contribution is -2.84. The van der Waals surface area contributed by atoms with Crippen molar-refractivity contribution in [3.63, 3.8) is 0 Å². The summed E-state index contributed by atoms with van der Waals surface area (Å²) in [5, 5.41) is 0. The van der Waals surface area contributed by atoms with Gasteiger partial charge in [-0.15, -0.1) is 0 Å². The molecule has 4 heterocycles. The largest absolute Gasteiger partial charge is 0.319 e. The predicted octanol–water partition coefficient (Wildman–Crippen LogP) is 8.15. The molecule has 4 saturated heterocycles. The quantitative estimate of drug-likeness (QED) is 0.362. The Kier molecular flexibility index (Phi) is 6.40. The molecule has 2 nitrogen and oxygen atoms in total. The lowest BCUT2D eigenvalue weighted by molar-refractivity contribution is -1.06. The van der Waals surface area contributed by atoms with Crippen molar-refractivity contribution in [2.24, 2.45) is 28.6 Å². The number of quaternary nitrogens is 2. The molecule has 4 rings (SSSR count). The first kappa shape index (κ1) is 29.2. The maximum Gasteiger partial charge on any atom is 0.104 e. The van der Waals surface area contributed by atoms with Crippen LogP contribution in [-0.4, -0.2) is 57.8 Å². The third-order valence-corrected chi connectivity index (χ3v) is 12.5. The predicted molar refractivity (Wildman–Crippen MR) is 147 cm³/mol. The van der Waals surface area contributed by atoms with Crippen molar-refractivity contribution in [1.82, 2.24) is 0 Å². The number of hydrogen-bond acceptors (Lipinski definition) is 0. The Morgan fingerprint density at radius 3 is 1.09 bits per heavy atom. The minimum atomic E-state index is 0.394. The van der Waals surface area contributed by atoms with Gasteiger partial charge in [-0.2, -0.15) is 0 Å². The molecular weight excluding hydrogens is 400 g/mol. The van der Waals surface area contributed by atoms with E-state index in [1.165, 1.54) is 17.3 Å². The Morgan fingerprint density at radius 1 is 0.515 bits per heavy atom. The van der Waals surface area contributed by atoms with Gasteiger partial charge in [0.05, 0.1) is 38.5 Å². The molecule has 0 amide bonds. The molecule has 196 valence electrons. The summed E-state index contributed by atoms with van der Waals surface area (Å²) in [5.74, 6) is 2.51. The van der Waals surface area contributed by atoms with Gasteiger partial charge >= 0.3 is 0 Å². The summed E-state index contributed by atoms with van der Waals surface area (Å²) >= 11 is 0. The van der Waals surface area contributed by atoms with Crippen LogP contribution >= 0.6 is 0 Å². The van der Waals surface area contributed by atoms with E-state index in [0.717, 1.165) is 22.2 Å². The van der Waals surface area contributed by atoms with Crippen LogP contribution in [0.3, 0.4) is 0 Å². The third kappa shape index (κ3) is 3.61. The summed E-state index contributed by atoms with van der Waals surface area (Å²) in [4.78, 5) is 0. The zero-order chi connectivity index (χ0) is 26.6. The Bertz CT molecular complexity index is 715. The molecule has 0 aromatic carbocycles. The van der Waals surface area contributed by atoms with Crippen molar-refractivity contribution in [2.75, 3.05) is 21.1 Å². The first-order chi connectivity index (χ1) is 14.1. The first-order valence-electron chi connectivity index (χ1n) is 13.8. The number of hydrogen-bond donors (Lipinski definition) is 0. The normalized spacial score (nSPS) is 36.8. The van der Waals surface area contributed by atoms with Crippen LogP contribution in [0.4, 0.5) is 0 Å². The maximum absolute atomic E-state index is 2.51. The smallest absolute Gasteiger partial charge is 0.104 e. The van der Waals surface area contributed by atoms with E-state index in [9.17, 15) is 0 Å². The van der Waals surface area contributed by atoms with E-state index in [0.29, 0.717) is 38.5 Å². The highest BCUT2D eigenvalue weighted by Crippen LogP contribution is 2.73. The molecular formula is C31H64N2+2. The van der Waals surface area contributed by atoms with E-state index >= 15 is 0 Å². The van der Waals surface area contributed by atoms with Gasteiger partial charge in [-0.25, -0.2) is 0 Å². The van der Waals surface area contributed by atoms with Crippen molar-refractivity contribution < 1.29 is 8.97 Å². The molecule has 0 aromatic rings. The second-order valence-corrected chi connectivity index (χ2v) is 17.9. The highest BCUT2D eigenvalue weighted by molar-refractivity contribution is 5.18. The van der Waals surface area contributed by atoms with Crippen LogP contribution in [0, 0.1) is 28.6 Å². The zero-order valence-corrected chi connectivity index (χ0v) is 26.5. The van der Waals surface area contributed by atoms with Crippen LogP contribution in [0.25, 0.3) is 0 Å². The third-order valence-electron chi connectivity index (χ3n) is 12.5. The molecule has 0 spiro atoms. The molecule has 4 aliphatic rings. The average molecular weight is 465 g/mol. The van der Waals surface area contributed by atoms with Crippen molar-refractivity contribution >= 4 is 0 Å². The summed E-state index contributed by atoms with van der Waals surface area (Å²) in [6, 6.07) is 0. The summed E-state index contributed by atoms with van der Waals surface area (Å²) in [5.41, 5.74) is 2.97. The maximum atomic E-state index is 2.51. The highest BCUT2D eigenvalue weighted by atomic mass is 15.6. The summed E-state index contributed by atoms with van der Waals surface area (Å²) in [6.07, 6.45) is 2.68. The molecule has 1 unspecified atom stereocenters. The molecule has 1 atom stereocenters. The van der Waals surface area contributed by atoms with E-state index in [-0.39, 0.29) is 0 Å². The molecule has 0 N–H and O–H groups in total. The minimum absolute atomic E-state index is 0.394. The molecule has 0 radical (unpaired) electrons. The van der Waals surface area contributed by atoms with Crippen molar-refractivity contribution in [3.8, 4) is 0 Å². The molecule has 0 aliphatic carbocycles. The Hall–Kier alpha value is -0.0800. The Balaban J connectivity index is 0.000000238. The van der Waals surface area contributed by atoms with Crippen molar-refractivity contribution in [1.29, 1.82) is 0 Å². The summed E-state index contributed by atoms with van der Waals surface area (Å²) in [6.45, 7) is 39.0. The van der Waals surface area contributed by atoms with Gasteiger partial charge in [0.25, 0.3) is 0 Å². The van der Waals surface area contributed by atoms with E-state index in [2.05, 4.69) is 132 Å². The number of nitrogens with zero attached hydrogens (tertiary/aromatic N) is 2. The molecule has 0 aromatic heterocycles. The topological polar surface area (TPSA) is 0 Å². The Labute approximate surface area is 210 Å². The highest BCUT2D eigenvalue weighted by Gasteiger charge is 2.86. The van der Waals surface area contributed by atoms with E-state index in [1.807, 2.05) is 0 Å². The molecule has 2 heteroatoms. The summed E-state index contributed by atoms with van der Waals surface area (Å²) < 4.78 is 2.37. The van der Waals surface area contributed by atoms with Crippen LogP contribution < -0.4 is 0 Å². The molecule has 4 fully saturated rings. The van der Waals surface area contributed by atoms with E-state index in [4.69, 9.17) is 0 Å². The van der Waals surface area contributed by atoms with Crippen molar-refractivity contribution in [3.05, 3.63) is 0 Å².